The standard InChI is InChI=1S/C23H36O5/c1-21-8-5-15(24)11-14(21)3-4-17-18(21)6-9-22(2)19(17)7-10-23(22,28)13-16(25)12-20(26)27/h3,15-19,24-25,28H,4-13H2,1-2H3,(H,26,27)/t15-,16?,17+,18-,19-,21-,22-,23-/m0/s1. The molecule has 4 rings (SSSR count). The van der Waals surface area contributed by atoms with Crippen molar-refractivity contribution in [3.8, 4) is 0 Å². The molecule has 0 radical (unpaired) electrons. The van der Waals surface area contributed by atoms with E-state index in [1.54, 1.807) is 0 Å². The number of aliphatic hydroxyl groups excluding tert-OH is 2. The summed E-state index contributed by atoms with van der Waals surface area (Å²) >= 11 is 0. The number of rotatable bonds is 4. The summed E-state index contributed by atoms with van der Waals surface area (Å²) in [4.78, 5) is 11.0. The highest BCUT2D eigenvalue weighted by Gasteiger charge is 2.63. The van der Waals surface area contributed by atoms with E-state index in [-0.39, 0.29) is 29.8 Å². The first-order chi connectivity index (χ1) is 13.1. The normalized spacial score (nSPS) is 48.8. The van der Waals surface area contributed by atoms with E-state index in [9.17, 15) is 20.1 Å². The maximum Gasteiger partial charge on any atom is 0.305 e. The Labute approximate surface area is 167 Å². The van der Waals surface area contributed by atoms with E-state index in [0.717, 1.165) is 44.9 Å². The van der Waals surface area contributed by atoms with Gasteiger partial charge in [-0.05, 0) is 80.0 Å². The van der Waals surface area contributed by atoms with Gasteiger partial charge in [0.2, 0.25) is 0 Å². The number of hydrogen-bond acceptors (Lipinski definition) is 4. The van der Waals surface area contributed by atoms with Gasteiger partial charge < -0.3 is 20.4 Å². The molecule has 3 saturated carbocycles. The number of aliphatic hydroxyl groups is 3. The average molecular weight is 393 g/mol. The Bertz CT molecular complexity index is 674. The minimum atomic E-state index is -1.02. The van der Waals surface area contributed by atoms with Crippen LogP contribution >= 0.6 is 0 Å². The van der Waals surface area contributed by atoms with Gasteiger partial charge in [0.15, 0.2) is 0 Å². The molecule has 4 N–H and O–H groups in total. The fourth-order valence-electron chi connectivity index (χ4n) is 7.75. The Balaban J connectivity index is 1.57. The van der Waals surface area contributed by atoms with Crippen LogP contribution in [0.3, 0.4) is 0 Å². The molecular formula is C23H36O5. The number of fused-ring (bicyclic) bond motifs is 5. The zero-order valence-electron chi connectivity index (χ0n) is 17.2. The van der Waals surface area contributed by atoms with Crippen LogP contribution in [0.2, 0.25) is 0 Å². The molecule has 5 heteroatoms. The fraction of sp³-hybridized carbons (Fsp3) is 0.870. The maximum atomic E-state index is 11.5. The van der Waals surface area contributed by atoms with Gasteiger partial charge in [0.05, 0.1) is 24.2 Å². The smallest absolute Gasteiger partial charge is 0.305 e. The molecule has 8 atom stereocenters. The van der Waals surface area contributed by atoms with Crippen molar-refractivity contribution >= 4 is 5.97 Å². The lowest BCUT2D eigenvalue weighted by molar-refractivity contribution is -0.148. The molecule has 0 bridgehead atoms. The van der Waals surface area contributed by atoms with Crippen LogP contribution < -0.4 is 0 Å². The quantitative estimate of drug-likeness (QED) is 0.551. The van der Waals surface area contributed by atoms with Gasteiger partial charge in [-0.3, -0.25) is 4.79 Å². The van der Waals surface area contributed by atoms with Crippen LogP contribution in [0.15, 0.2) is 11.6 Å². The van der Waals surface area contributed by atoms with Crippen molar-refractivity contribution in [2.24, 2.45) is 28.6 Å². The zero-order valence-corrected chi connectivity index (χ0v) is 17.2. The van der Waals surface area contributed by atoms with Crippen LogP contribution in [0.1, 0.15) is 78.1 Å². The number of carboxylic acid groups (broad SMARTS) is 1. The molecule has 0 spiro atoms. The SMILES string of the molecule is C[C@]12CC[C@H](O)CC1=CC[C@@H]1[C@@H]2CC[C@@]2(C)[C@H]1CC[C@]2(O)CC(O)CC(=O)O. The molecule has 0 aromatic carbocycles. The van der Waals surface area contributed by atoms with Crippen LogP contribution in [0.4, 0.5) is 0 Å². The molecule has 0 aromatic rings. The molecule has 0 aliphatic heterocycles. The number of carboxylic acids is 1. The second-order valence-corrected chi connectivity index (χ2v) is 10.6. The Kier molecular flexibility index (Phi) is 4.96. The molecule has 3 fully saturated rings. The predicted molar refractivity (Wildman–Crippen MR) is 106 cm³/mol. The van der Waals surface area contributed by atoms with E-state index in [2.05, 4.69) is 19.9 Å². The summed E-state index contributed by atoms with van der Waals surface area (Å²) in [7, 11) is 0. The lowest BCUT2D eigenvalue weighted by Crippen LogP contribution is -2.55. The topological polar surface area (TPSA) is 98.0 Å². The molecular weight excluding hydrogens is 356 g/mol. The third-order valence-corrected chi connectivity index (χ3v) is 9.38. The first kappa shape index (κ1) is 20.4. The summed E-state index contributed by atoms with van der Waals surface area (Å²) in [5.41, 5.74) is 0.378. The third kappa shape index (κ3) is 2.96. The second-order valence-electron chi connectivity index (χ2n) is 10.6. The second kappa shape index (κ2) is 6.82. The molecule has 1 unspecified atom stereocenters. The Morgan fingerprint density at radius 1 is 1.18 bits per heavy atom. The van der Waals surface area contributed by atoms with E-state index >= 15 is 0 Å². The van der Waals surface area contributed by atoms with E-state index in [0.29, 0.717) is 24.2 Å². The number of carbonyl (C=O) groups is 1. The molecule has 158 valence electrons. The largest absolute Gasteiger partial charge is 0.481 e. The van der Waals surface area contributed by atoms with Gasteiger partial charge in [-0.25, -0.2) is 0 Å². The molecule has 28 heavy (non-hydrogen) atoms. The van der Waals surface area contributed by atoms with Crippen LogP contribution in [-0.4, -0.2) is 44.2 Å². The fourth-order valence-corrected chi connectivity index (χ4v) is 7.75. The monoisotopic (exact) mass is 392 g/mol. The van der Waals surface area contributed by atoms with E-state index in [1.165, 1.54) is 5.57 Å². The van der Waals surface area contributed by atoms with Crippen molar-refractivity contribution in [3.63, 3.8) is 0 Å². The number of allylic oxidation sites excluding steroid dienone is 1. The van der Waals surface area contributed by atoms with Crippen molar-refractivity contribution in [3.05, 3.63) is 11.6 Å². The third-order valence-electron chi connectivity index (χ3n) is 9.38. The average Bonchev–Trinajstić information content (AvgIpc) is 2.86. The first-order valence-corrected chi connectivity index (χ1v) is 11.1. The summed E-state index contributed by atoms with van der Waals surface area (Å²) in [6.45, 7) is 4.57. The Morgan fingerprint density at radius 3 is 2.61 bits per heavy atom. The zero-order chi connectivity index (χ0) is 20.3. The molecule has 5 nitrogen and oxygen atoms in total. The minimum Gasteiger partial charge on any atom is -0.481 e. The van der Waals surface area contributed by atoms with Gasteiger partial charge in [-0.2, -0.15) is 0 Å². The molecule has 4 aliphatic rings. The van der Waals surface area contributed by atoms with Crippen molar-refractivity contribution in [2.75, 3.05) is 0 Å². The van der Waals surface area contributed by atoms with Gasteiger partial charge in [-0.1, -0.05) is 25.5 Å². The molecule has 0 aromatic heterocycles. The Morgan fingerprint density at radius 2 is 1.89 bits per heavy atom. The summed E-state index contributed by atoms with van der Waals surface area (Å²) < 4.78 is 0. The predicted octanol–water partition coefficient (Wildman–Crippen LogP) is 3.27. The van der Waals surface area contributed by atoms with E-state index < -0.39 is 17.7 Å². The van der Waals surface area contributed by atoms with Crippen molar-refractivity contribution in [1.82, 2.24) is 0 Å². The van der Waals surface area contributed by atoms with Crippen LogP contribution in [-0.2, 0) is 4.79 Å². The van der Waals surface area contributed by atoms with Crippen LogP contribution in [0.5, 0.6) is 0 Å². The summed E-state index contributed by atoms with van der Waals surface area (Å²) in [6, 6.07) is 0. The van der Waals surface area contributed by atoms with Gasteiger partial charge >= 0.3 is 5.97 Å². The lowest BCUT2D eigenvalue weighted by atomic mass is 9.46. The van der Waals surface area contributed by atoms with Crippen LogP contribution in [0, 0.1) is 28.6 Å². The van der Waals surface area contributed by atoms with Gasteiger partial charge in [-0.15, -0.1) is 0 Å². The molecule has 0 amide bonds. The summed E-state index contributed by atoms with van der Waals surface area (Å²) in [5.74, 6) is 0.532. The molecule has 0 saturated heterocycles. The first-order valence-electron chi connectivity index (χ1n) is 11.1. The summed E-state index contributed by atoms with van der Waals surface area (Å²) in [5, 5.41) is 40.9. The highest BCUT2D eigenvalue weighted by Crippen LogP contribution is 2.67. The van der Waals surface area contributed by atoms with Crippen molar-refractivity contribution in [2.45, 2.75) is 95.9 Å². The van der Waals surface area contributed by atoms with Crippen LogP contribution in [0.25, 0.3) is 0 Å². The molecule has 0 heterocycles. The Hall–Kier alpha value is -0.910. The van der Waals surface area contributed by atoms with Gasteiger partial charge in [0, 0.05) is 6.42 Å². The molecule has 4 aliphatic carbocycles. The van der Waals surface area contributed by atoms with Gasteiger partial charge in [0.25, 0.3) is 0 Å². The number of aliphatic carboxylic acids is 1. The lowest BCUT2D eigenvalue weighted by Gasteiger charge is -2.59. The maximum absolute atomic E-state index is 11.5. The van der Waals surface area contributed by atoms with Crippen molar-refractivity contribution < 1.29 is 25.2 Å². The van der Waals surface area contributed by atoms with E-state index in [1.807, 2.05) is 0 Å². The van der Waals surface area contributed by atoms with Gasteiger partial charge in [0.1, 0.15) is 0 Å². The van der Waals surface area contributed by atoms with E-state index in [4.69, 9.17) is 5.11 Å². The minimum absolute atomic E-state index is 0.161. The summed E-state index contributed by atoms with van der Waals surface area (Å²) in [6.07, 6.45) is 8.42. The highest BCUT2D eigenvalue weighted by molar-refractivity contribution is 5.67. The number of hydrogen-bond donors (Lipinski definition) is 4. The highest BCUT2D eigenvalue weighted by atomic mass is 16.4. The van der Waals surface area contributed by atoms with Crippen molar-refractivity contribution in [1.29, 1.82) is 0 Å².